The molecule has 3 heterocycles. The molecule has 1 aliphatic carbocycles. The van der Waals surface area contributed by atoms with E-state index in [0.29, 0.717) is 25.4 Å². The van der Waals surface area contributed by atoms with Gasteiger partial charge in [-0.15, -0.1) is 0 Å². The third-order valence-electron chi connectivity index (χ3n) is 6.44. The summed E-state index contributed by atoms with van der Waals surface area (Å²) in [5, 5.41) is 0. The molecule has 0 radical (unpaired) electrons. The fourth-order valence-electron chi connectivity index (χ4n) is 4.66. The lowest BCUT2D eigenvalue weighted by Gasteiger charge is -2.52. The summed E-state index contributed by atoms with van der Waals surface area (Å²) in [6.07, 6.45) is 10.1. The van der Waals surface area contributed by atoms with E-state index in [4.69, 9.17) is 0 Å². The molecule has 1 N–H and O–H groups in total. The molecule has 142 valence electrons. The molecule has 0 bridgehead atoms. The van der Waals surface area contributed by atoms with Crippen molar-refractivity contribution in [2.24, 2.45) is 5.92 Å². The summed E-state index contributed by atoms with van der Waals surface area (Å²) < 4.78 is 0. The smallest absolute Gasteiger partial charge is 0.226 e. The number of imidazole rings is 1. The van der Waals surface area contributed by atoms with Gasteiger partial charge in [-0.05, 0) is 31.9 Å². The van der Waals surface area contributed by atoms with Gasteiger partial charge in [0, 0.05) is 49.8 Å². The Balaban J connectivity index is 1.55. The minimum atomic E-state index is -0.323. The van der Waals surface area contributed by atoms with Crippen LogP contribution in [0.3, 0.4) is 0 Å². The van der Waals surface area contributed by atoms with Crippen LogP contribution in [-0.4, -0.2) is 63.2 Å². The summed E-state index contributed by atoms with van der Waals surface area (Å²) in [4.78, 5) is 37.6. The predicted molar refractivity (Wildman–Crippen MR) is 102 cm³/mol. The fourth-order valence-corrected chi connectivity index (χ4v) is 5.03. The predicted octanol–water partition coefficient (Wildman–Crippen LogP) is 2.17. The monoisotopic (exact) mass is 376 g/mol. The lowest BCUT2D eigenvalue weighted by molar-refractivity contribution is -0.150. The summed E-state index contributed by atoms with van der Waals surface area (Å²) in [5.74, 6) is 1.63. The zero-order valence-electron chi connectivity index (χ0n) is 15.5. The fraction of sp³-hybridized carbons (Fsp3) is 0.737. The number of aromatic amines is 1. The molecular weight excluding hydrogens is 348 g/mol. The van der Waals surface area contributed by atoms with Gasteiger partial charge in [0.15, 0.2) is 0 Å². The molecule has 1 saturated carbocycles. The average Bonchev–Trinajstić information content (AvgIpc) is 3.09. The highest BCUT2D eigenvalue weighted by molar-refractivity contribution is 7.98. The van der Waals surface area contributed by atoms with Gasteiger partial charge in [0.25, 0.3) is 0 Å². The highest BCUT2D eigenvalue weighted by Gasteiger charge is 2.50. The second-order valence-electron chi connectivity index (χ2n) is 7.75. The summed E-state index contributed by atoms with van der Waals surface area (Å²) in [6.45, 7) is 2.20. The molecule has 3 aliphatic rings. The number of amides is 2. The number of carbonyl (C=O) groups excluding carboxylic acids is 2. The molecule has 1 aromatic heterocycles. The van der Waals surface area contributed by atoms with E-state index in [1.54, 1.807) is 18.1 Å². The van der Waals surface area contributed by atoms with Crippen molar-refractivity contribution in [3.8, 4) is 0 Å². The lowest BCUT2D eigenvalue weighted by atomic mass is 9.76. The first-order valence-electron chi connectivity index (χ1n) is 9.76. The van der Waals surface area contributed by atoms with Crippen LogP contribution in [0.5, 0.6) is 0 Å². The molecule has 4 rings (SSSR count). The molecule has 6 nitrogen and oxygen atoms in total. The average molecular weight is 377 g/mol. The number of hydrogen-bond donors (Lipinski definition) is 1. The van der Waals surface area contributed by atoms with E-state index in [1.165, 1.54) is 12.1 Å². The third kappa shape index (κ3) is 2.94. The van der Waals surface area contributed by atoms with Crippen molar-refractivity contribution in [2.45, 2.75) is 50.5 Å². The van der Waals surface area contributed by atoms with Crippen molar-refractivity contribution < 1.29 is 9.59 Å². The third-order valence-corrected chi connectivity index (χ3v) is 7.06. The van der Waals surface area contributed by atoms with Gasteiger partial charge in [0.2, 0.25) is 11.8 Å². The number of hydrogen-bond acceptors (Lipinski definition) is 4. The van der Waals surface area contributed by atoms with Crippen LogP contribution in [0.25, 0.3) is 0 Å². The normalized spacial score (nSPS) is 22.2. The number of rotatable bonds is 4. The number of nitrogens with zero attached hydrogens (tertiary/aromatic N) is 3. The number of carbonyl (C=O) groups is 2. The van der Waals surface area contributed by atoms with E-state index < -0.39 is 0 Å². The molecule has 0 unspecified atom stereocenters. The first-order chi connectivity index (χ1) is 12.7. The molecule has 0 aromatic carbocycles. The first-order valence-corrected chi connectivity index (χ1v) is 11.2. The van der Waals surface area contributed by atoms with Crippen LogP contribution in [0, 0.1) is 5.92 Å². The molecule has 0 atom stereocenters. The molecule has 1 spiro atoms. The van der Waals surface area contributed by atoms with Gasteiger partial charge < -0.3 is 14.8 Å². The zero-order valence-corrected chi connectivity index (χ0v) is 16.3. The number of aromatic nitrogens is 2. The van der Waals surface area contributed by atoms with Crippen molar-refractivity contribution in [3.63, 3.8) is 0 Å². The van der Waals surface area contributed by atoms with Gasteiger partial charge in [-0.25, -0.2) is 4.98 Å². The Morgan fingerprint density at radius 2 is 2.08 bits per heavy atom. The second kappa shape index (κ2) is 7.25. The number of piperidine rings is 1. The Morgan fingerprint density at radius 1 is 1.31 bits per heavy atom. The number of nitrogens with one attached hydrogen (secondary N) is 1. The van der Waals surface area contributed by atoms with Crippen molar-refractivity contribution in [1.82, 2.24) is 19.8 Å². The van der Waals surface area contributed by atoms with E-state index >= 15 is 0 Å². The van der Waals surface area contributed by atoms with Gasteiger partial charge in [-0.3, -0.25) is 9.59 Å². The van der Waals surface area contributed by atoms with Crippen LogP contribution >= 0.6 is 11.8 Å². The van der Waals surface area contributed by atoms with Crippen LogP contribution in [0.4, 0.5) is 0 Å². The van der Waals surface area contributed by atoms with E-state index in [2.05, 4.69) is 14.9 Å². The topological polar surface area (TPSA) is 69.3 Å². The highest BCUT2D eigenvalue weighted by Crippen LogP contribution is 2.44. The van der Waals surface area contributed by atoms with Crippen LogP contribution in [0.2, 0.25) is 0 Å². The Bertz CT molecular complexity index is 677. The maximum absolute atomic E-state index is 13.1. The van der Waals surface area contributed by atoms with Crippen molar-refractivity contribution >= 4 is 23.6 Å². The standard InChI is InChI=1S/C19H28N4O2S/c1-26-12-6-16(24)22-10-7-19(8-11-22)17-15(20-13-21-17)5-9-23(19)18(25)14-3-2-4-14/h13-14H,2-12H2,1H3,(H,20,21). The van der Waals surface area contributed by atoms with E-state index in [0.717, 1.165) is 50.1 Å². The summed E-state index contributed by atoms with van der Waals surface area (Å²) in [7, 11) is 0. The van der Waals surface area contributed by atoms with Crippen molar-refractivity contribution in [2.75, 3.05) is 31.6 Å². The van der Waals surface area contributed by atoms with Crippen molar-refractivity contribution in [3.05, 3.63) is 17.7 Å². The molecule has 2 aliphatic heterocycles. The number of thioether (sulfide) groups is 1. The Morgan fingerprint density at radius 3 is 2.73 bits per heavy atom. The quantitative estimate of drug-likeness (QED) is 0.874. The van der Waals surface area contributed by atoms with Gasteiger partial charge in [0.05, 0.1) is 17.6 Å². The van der Waals surface area contributed by atoms with E-state index in [-0.39, 0.29) is 17.4 Å². The van der Waals surface area contributed by atoms with Crippen LogP contribution in [0.1, 0.15) is 49.9 Å². The highest BCUT2D eigenvalue weighted by atomic mass is 32.2. The Labute approximate surface area is 159 Å². The van der Waals surface area contributed by atoms with Gasteiger partial charge in [-0.2, -0.15) is 11.8 Å². The summed E-state index contributed by atoms with van der Waals surface area (Å²) in [6, 6.07) is 0. The number of fused-ring (bicyclic) bond motifs is 2. The van der Waals surface area contributed by atoms with Gasteiger partial charge >= 0.3 is 0 Å². The van der Waals surface area contributed by atoms with Gasteiger partial charge in [-0.1, -0.05) is 6.42 Å². The maximum atomic E-state index is 13.1. The minimum absolute atomic E-state index is 0.202. The van der Waals surface area contributed by atoms with Crippen LogP contribution in [-0.2, 0) is 21.5 Å². The molecule has 1 saturated heterocycles. The zero-order chi connectivity index (χ0) is 18.1. The first kappa shape index (κ1) is 17.9. The molecule has 1 aromatic rings. The SMILES string of the molecule is CSCCC(=O)N1CCC2(CC1)c1nc[nH]c1CCN2C(=O)C1CCC1. The van der Waals surface area contributed by atoms with Crippen molar-refractivity contribution in [1.29, 1.82) is 0 Å². The molecule has 2 amide bonds. The van der Waals surface area contributed by atoms with E-state index in [9.17, 15) is 9.59 Å². The number of H-pyrrole nitrogens is 1. The molecule has 7 heteroatoms. The minimum Gasteiger partial charge on any atom is -0.348 e. The Hall–Kier alpha value is -1.50. The second-order valence-corrected chi connectivity index (χ2v) is 8.74. The molecular formula is C19H28N4O2S. The van der Waals surface area contributed by atoms with Crippen LogP contribution in [0.15, 0.2) is 6.33 Å². The largest absolute Gasteiger partial charge is 0.348 e. The van der Waals surface area contributed by atoms with E-state index in [1.807, 2.05) is 11.2 Å². The molecule has 2 fully saturated rings. The maximum Gasteiger partial charge on any atom is 0.226 e. The molecule has 26 heavy (non-hydrogen) atoms. The van der Waals surface area contributed by atoms with Crippen LogP contribution < -0.4 is 0 Å². The number of likely N-dealkylation sites (tertiary alicyclic amines) is 1. The Kier molecular flexibility index (Phi) is 4.99. The van der Waals surface area contributed by atoms with Gasteiger partial charge in [0.1, 0.15) is 0 Å². The lowest BCUT2D eigenvalue weighted by Crippen LogP contribution is -2.60. The summed E-state index contributed by atoms with van der Waals surface area (Å²) in [5.41, 5.74) is 1.90. The summed E-state index contributed by atoms with van der Waals surface area (Å²) >= 11 is 1.71.